The Morgan fingerprint density at radius 1 is 1.21 bits per heavy atom. The third-order valence-electron chi connectivity index (χ3n) is 5.09. The summed E-state index contributed by atoms with van der Waals surface area (Å²) in [6, 6.07) is 13.7. The van der Waals surface area contributed by atoms with E-state index in [9.17, 15) is 4.39 Å². The highest BCUT2D eigenvalue weighted by Crippen LogP contribution is 2.51. The van der Waals surface area contributed by atoms with Gasteiger partial charge in [0, 0.05) is 22.5 Å². The van der Waals surface area contributed by atoms with Gasteiger partial charge in [-0.05, 0) is 30.5 Å². The number of halogens is 2. The lowest BCUT2D eigenvalue weighted by Gasteiger charge is -2.45. The maximum atomic E-state index is 14.6. The lowest BCUT2D eigenvalue weighted by Crippen LogP contribution is -2.41. The average Bonchev–Trinajstić information content (AvgIpc) is 2.61. The van der Waals surface area contributed by atoms with Crippen LogP contribution in [0, 0.1) is 11.7 Å². The van der Waals surface area contributed by atoms with Crippen molar-refractivity contribution >= 4 is 21.6 Å². The number of benzene rings is 2. The molecule has 3 N–H and O–H groups in total. The molecular formula is C19H20BrFN2O. The van der Waals surface area contributed by atoms with E-state index in [1.807, 2.05) is 24.3 Å². The largest absolute Gasteiger partial charge is 0.375 e. The van der Waals surface area contributed by atoms with Crippen LogP contribution in [0.4, 0.5) is 10.1 Å². The van der Waals surface area contributed by atoms with Gasteiger partial charge in [-0.1, -0.05) is 46.3 Å². The van der Waals surface area contributed by atoms with Crippen molar-refractivity contribution in [2.24, 2.45) is 11.7 Å². The van der Waals surface area contributed by atoms with Crippen molar-refractivity contribution in [3.8, 4) is 0 Å². The van der Waals surface area contributed by atoms with Crippen LogP contribution in [0.5, 0.6) is 0 Å². The van der Waals surface area contributed by atoms with Crippen LogP contribution < -0.4 is 11.1 Å². The molecule has 4 rings (SSSR count). The van der Waals surface area contributed by atoms with Crippen LogP contribution in [0.25, 0.3) is 0 Å². The monoisotopic (exact) mass is 390 g/mol. The van der Waals surface area contributed by atoms with Gasteiger partial charge >= 0.3 is 0 Å². The third kappa shape index (κ3) is 2.75. The highest BCUT2D eigenvalue weighted by Gasteiger charge is 2.42. The Bertz CT molecular complexity index is 740. The first kappa shape index (κ1) is 16.1. The summed E-state index contributed by atoms with van der Waals surface area (Å²) >= 11 is 3.40. The molecule has 0 unspecified atom stereocenters. The van der Waals surface area contributed by atoms with E-state index in [1.165, 1.54) is 6.07 Å². The number of nitrogens with one attached hydrogen (secondary N) is 1. The maximum absolute atomic E-state index is 14.6. The average molecular weight is 391 g/mol. The molecule has 1 saturated heterocycles. The minimum absolute atomic E-state index is 0.0377. The van der Waals surface area contributed by atoms with Gasteiger partial charge in [0.1, 0.15) is 5.82 Å². The van der Waals surface area contributed by atoms with Crippen molar-refractivity contribution in [2.45, 2.75) is 31.1 Å². The van der Waals surface area contributed by atoms with Crippen LogP contribution in [0.15, 0.2) is 46.9 Å². The van der Waals surface area contributed by atoms with E-state index < -0.39 is 0 Å². The molecule has 2 aliphatic rings. The smallest absolute Gasteiger partial charge is 0.147 e. The standard InChI is InChI=1S/C19H20BrFN2O/c20-12-8-15-18(16(21)9-12)23-17(11-4-2-1-3-5-11)14-7-6-13(10-22)24-19(14)15/h1-5,8-9,13-14,17,19,23H,6-7,10,22H2/t13-,14+,17+,19+/m1/s1. The summed E-state index contributed by atoms with van der Waals surface area (Å²) < 4.78 is 21.6. The van der Waals surface area contributed by atoms with E-state index in [0.29, 0.717) is 12.2 Å². The zero-order valence-corrected chi connectivity index (χ0v) is 14.8. The van der Waals surface area contributed by atoms with Gasteiger partial charge in [-0.25, -0.2) is 4.39 Å². The second-order valence-corrected chi connectivity index (χ2v) is 7.46. The Morgan fingerprint density at radius 2 is 2.00 bits per heavy atom. The van der Waals surface area contributed by atoms with E-state index in [2.05, 4.69) is 33.4 Å². The van der Waals surface area contributed by atoms with E-state index in [1.54, 1.807) is 0 Å². The van der Waals surface area contributed by atoms with Gasteiger partial charge in [-0.15, -0.1) is 0 Å². The number of fused-ring (bicyclic) bond motifs is 3. The second kappa shape index (κ2) is 6.47. The molecule has 2 aliphatic heterocycles. The molecular weight excluding hydrogens is 371 g/mol. The minimum atomic E-state index is -0.253. The predicted molar refractivity (Wildman–Crippen MR) is 96.3 cm³/mol. The van der Waals surface area contributed by atoms with Gasteiger partial charge in [-0.3, -0.25) is 0 Å². The molecule has 2 heterocycles. The van der Waals surface area contributed by atoms with Crippen molar-refractivity contribution in [3.05, 3.63) is 63.9 Å². The molecule has 0 aromatic heterocycles. The van der Waals surface area contributed by atoms with Crippen molar-refractivity contribution in [1.82, 2.24) is 0 Å². The van der Waals surface area contributed by atoms with E-state index in [4.69, 9.17) is 10.5 Å². The summed E-state index contributed by atoms with van der Waals surface area (Å²) in [4.78, 5) is 0. The number of anilines is 1. The van der Waals surface area contributed by atoms with Gasteiger partial charge in [0.05, 0.1) is 23.9 Å². The van der Waals surface area contributed by atoms with Crippen LogP contribution >= 0.6 is 15.9 Å². The van der Waals surface area contributed by atoms with Crippen LogP contribution in [0.3, 0.4) is 0 Å². The van der Waals surface area contributed by atoms with Crippen molar-refractivity contribution < 1.29 is 9.13 Å². The summed E-state index contributed by atoms with van der Waals surface area (Å²) in [6.07, 6.45) is 1.85. The predicted octanol–water partition coefficient (Wildman–Crippen LogP) is 4.55. The van der Waals surface area contributed by atoms with Crippen molar-refractivity contribution in [1.29, 1.82) is 0 Å². The summed E-state index contributed by atoms with van der Waals surface area (Å²) in [6.45, 7) is 0.498. The number of hydrogen-bond acceptors (Lipinski definition) is 3. The van der Waals surface area contributed by atoms with Crippen LogP contribution in [0.2, 0.25) is 0 Å². The molecule has 0 radical (unpaired) electrons. The summed E-state index contributed by atoms with van der Waals surface area (Å²) in [5.74, 6) is 0.00799. The minimum Gasteiger partial charge on any atom is -0.375 e. The molecule has 0 bridgehead atoms. The zero-order valence-electron chi connectivity index (χ0n) is 13.2. The molecule has 2 aromatic rings. The molecule has 24 heavy (non-hydrogen) atoms. The summed E-state index contributed by atoms with van der Waals surface area (Å²) in [7, 11) is 0. The number of hydrogen-bond donors (Lipinski definition) is 2. The maximum Gasteiger partial charge on any atom is 0.147 e. The SMILES string of the molecule is NC[C@H]1CC[C@@H]2[C@H](O1)c1cc(Br)cc(F)c1N[C@H]2c1ccccc1. The molecule has 126 valence electrons. The van der Waals surface area contributed by atoms with Crippen LogP contribution in [-0.4, -0.2) is 12.6 Å². The molecule has 2 aromatic carbocycles. The highest BCUT2D eigenvalue weighted by molar-refractivity contribution is 9.10. The zero-order chi connectivity index (χ0) is 16.7. The van der Waals surface area contributed by atoms with Gasteiger partial charge in [0.2, 0.25) is 0 Å². The second-order valence-electron chi connectivity index (χ2n) is 6.54. The van der Waals surface area contributed by atoms with E-state index in [0.717, 1.165) is 28.4 Å². The van der Waals surface area contributed by atoms with Gasteiger partial charge in [0.25, 0.3) is 0 Å². The Balaban J connectivity index is 1.80. The third-order valence-corrected chi connectivity index (χ3v) is 5.55. The van der Waals surface area contributed by atoms with Crippen molar-refractivity contribution in [2.75, 3.05) is 11.9 Å². The lowest BCUT2D eigenvalue weighted by atomic mass is 9.76. The number of ether oxygens (including phenoxy) is 1. The Morgan fingerprint density at radius 3 is 2.75 bits per heavy atom. The molecule has 0 aliphatic carbocycles. The topological polar surface area (TPSA) is 47.3 Å². The quantitative estimate of drug-likeness (QED) is 0.790. The fourth-order valence-corrected chi connectivity index (χ4v) is 4.40. The fourth-order valence-electron chi connectivity index (χ4n) is 3.95. The first-order chi connectivity index (χ1) is 11.7. The molecule has 0 saturated carbocycles. The highest BCUT2D eigenvalue weighted by atomic mass is 79.9. The molecule has 4 atom stereocenters. The van der Waals surface area contributed by atoms with Gasteiger partial charge in [-0.2, -0.15) is 0 Å². The first-order valence-electron chi connectivity index (χ1n) is 8.33. The number of nitrogens with two attached hydrogens (primary N) is 1. The lowest BCUT2D eigenvalue weighted by molar-refractivity contribution is -0.0889. The van der Waals surface area contributed by atoms with Gasteiger partial charge < -0.3 is 15.8 Å². The molecule has 0 spiro atoms. The Kier molecular flexibility index (Phi) is 4.33. The normalized spacial score (nSPS) is 28.6. The molecule has 1 fully saturated rings. The molecule has 5 heteroatoms. The van der Waals surface area contributed by atoms with E-state index >= 15 is 0 Å². The Hall–Kier alpha value is -1.43. The summed E-state index contributed by atoms with van der Waals surface area (Å²) in [5.41, 5.74) is 8.42. The molecule has 0 amide bonds. The van der Waals surface area contributed by atoms with Crippen LogP contribution in [0.1, 0.15) is 36.1 Å². The number of rotatable bonds is 2. The Labute approximate surface area is 149 Å². The van der Waals surface area contributed by atoms with E-state index in [-0.39, 0.29) is 30.0 Å². The first-order valence-corrected chi connectivity index (χ1v) is 9.12. The van der Waals surface area contributed by atoms with Crippen molar-refractivity contribution in [3.63, 3.8) is 0 Å². The summed E-state index contributed by atoms with van der Waals surface area (Å²) in [5, 5.41) is 3.43. The fraction of sp³-hybridized carbons (Fsp3) is 0.368. The van der Waals surface area contributed by atoms with Gasteiger partial charge in [0.15, 0.2) is 0 Å². The van der Waals surface area contributed by atoms with Crippen LogP contribution in [-0.2, 0) is 4.74 Å². The molecule has 3 nitrogen and oxygen atoms in total.